The molecule has 0 fully saturated rings. The summed E-state index contributed by atoms with van der Waals surface area (Å²) in [5.41, 5.74) is 0. The van der Waals surface area contributed by atoms with E-state index in [0.29, 0.717) is 9.75 Å². The first-order valence-corrected chi connectivity index (χ1v) is 8.46. The monoisotopic (exact) mass is 406 g/mol. The Labute approximate surface area is 129 Å². The van der Waals surface area contributed by atoms with Crippen LogP contribution in [0.2, 0.25) is 0 Å². The predicted octanol–water partition coefficient (Wildman–Crippen LogP) is 5.18. The van der Waals surface area contributed by atoms with E-state index in [1.807, 2.05) is 16.8 Å². The Balaban J connectivity index is 1.94. The summed E-state index contributed by atoms with van der Waals surface area (Å²) in [6.45, 7) is 0. The Morgan fingerprint density at radius 3 is 2.39 bits per heavy atom. The quantitative estimate of drug-likeness (QED) is 0.639. The fourth-order valence-electron chi connectivity index (χ4n) is 1.42. The maximum absolute atomic E-state index is 11.9. The van der Waals surface area contributed by atoms with Gasteiger partial charge in [-0.3, -0.25) is 9.59 Å². The minimum absolute atomic E-state index is 0.0147. The van der Waals surface area contributed by atoms with Gasteiger partial charge in [-0.05, 0) is 49.4 Å². The van der Waals surface area contributed by atoms with Crippen LogP contribution in [0.5, 0.6) is 0 Å². The van der Waals surface area contributed by atoms with Crippen molar-refractivity contribution in [3.05, 3.63) is 41.6 Å². The molecule has 0 amide bonds. The lowest BCUT2D eigenvalue weighted by Gasteiger charge is -1.98. The first-order chi connectivity index (χ1) is 8.58. The molecule has 0 unspecified atom stereocenters. The molecule has 0 atom stereocenters. The summed E-state index contributed by atoms with van der Waals surface area (Å²) in [5, 5.41) is 3.72. The maximum atomic E-state index is 11.9. The first-order valence-electron chi connectivity index (χ1n) is 5.11. The summed E-state index contributed by atoms with van der Waals surface area (Å²) in [6, 6.07) is 3.63. The lowest BCUT2D eigenvalue weighted by atomic mass is 10.1. The third-order valence-electron chi connectivity index (χ3n) is 2.29. The summed E-state index contributed by atoms with van der Waals surface area (Å²) in [6.07, 6.45) is 0.517. The van der Waals surface area contributed by atoms with Gasteiger partial charge in [-0.15, -0.1) is 22.7 Å². The number of carbonyl (C=O) groups is 2. The van der Waals surface area contributed by atoms with Gasteiger partial charge in [-0.1, -0.05) is 0 Å². The molecule has 0 spiro atoms. The molecule has 0 saturated carbocycles. The highest BCUT2D eigenvalue weighted by Gasteiger charge is 2.15. The molecule has 0 aliphatic rings. The van der Waals surface area contributed by atoms with Crippen LogP contribution in [0.15, 0.2) is 31.8 Å². The average Bonchev–Trinajstić information content (AvgIpc) is 2.94. The second-order valence-corrected chi connectivity index (χ2v) is 7.17. The first kappa shape index (κ1) is 14.1. The fourth-order valence-corrected chi connectivity index (χ4v) is 4.38. The average molecular weight is 408 g/mol. The number of halogens is 2. The van der Waals surface area contributed by atoms with Gasteiger partial charge in [0.2, 0.25) is 0 Å². The van der Waals surface area contributed by atoms with Crippen LogP contribution < -0.4 is 0 Å². The van der Waals surface area contributed by atoms with E-state index in [4.69, 9.17) is 0 Å². The minimum atomic E-state index is 0.0147. The second kappa shape index (κ2) is 6.23. The number of hydrogen-bond donors (Lipinski definition) is 0. The zero-order valence-corrected chi connectivity index (χ0v) is 13.9. The summed E-state index contributed by atoms with van der Waals surface area (Å²) in [5.74, 6) is 0.0348. The van der Waals surface area contributed by atoms with Crippen LogP contribution in [-0.2, 0) is 0 Å². The Hall–Kier alpha value is -0.300. The highest BCUT2D eigenvalue weighted by atomic mass is 79.9. The third-order valence-corrected chi connectivity index (χ3v) is 5.90. The number of carbonyl (C=O) groups excluding carboxylic acids is 2. The van der Waals surface area contributed by atoms with E-state index >= 15 is 0 Å². The predicted molar refractivity (Wildman–Crippen MR) is 81.9 cm³/mol. The number of ketones is 2. The molecule has 2 aromatic rings. The largest absolute Gasteiger partial charge is 0.293 e. The number of hydrogen-bond acceptors (Lipinski definition) is 4. The topological polar surface area (TPSA) is 34.1 Å². The van der Waals surface area contributed by atoms with Crippen molar-refractivity contribution in [2.24, 2.45) is 0 Å². The van der Waals surface area contributed by atoms with Gasteiger partial charge in [0.25, 0.3) is 0 Å². The van der Waals surface area contributed by atoms with Crippen molar-refractivity contribution in [2.75, 3.05) is 0 Å². The fraction of sp³-hybridized carbons (Fsp3) is 0.167. The molecule has 2 rings (SSSR count). The van der Waals surface area contributed by atoms with Gasteiger partial charge in [-0.2, -0.15) is 0 Å². The van der Waals surface area contributed by atoms with Crippen molar-refractivity contribution in [3.63, 3.8) is 0 Å². The van der Waals surface area contributed by atoms with Crippen molar-refractivity contribution in [1.29, 1.82) is 0 Å². The number of rotatable bonds is 5. The van der Waals surface area contributed by atoms with Gasteiger partial charge in [0.1, 0.15) is 0 Å². The molecule has 0 bridgehead atoms. The molecule has 0 N–H and O–H groups in total. The van der Waals surface area contributed by atoms with Crippen LogP contribution in [0.4, 0.5) is 0 Å². The van der Waals surface area contributed by atoms with E-state index in [9.17, 15) is 9.59 Å². The van der Waals surface area contributed by atoms with Crippen molar-refractivity contribution in [2.45, 2.75) is 12.8 Å². The zero-order chi connectivity index (χ0) is 13.1. The van der Waals surface area contributed by atoms with Crippen LogP contribution >= 0.6 is 54.5 Å². The molecule has 0 aliphatic heterocycles. The van der Waals surface area contributed by atoms with Crippen molar-refractivity contribution in [3.8, 4) is 0 Å². The molecule has 2 nitrogen and oxygen atoms in total. The van der Waals surface area contributed by atoms with Crippen LogP contribution in [0.25, 0.3) is 0 Å². The molecule has 2 aromatic heterocycles. The van der Waals surface area contributed by atoms with E-state index < -0.39 is 0 Å². The van der Waals surface area contributed by atoms with E-state index in [2.05, 4.69) is 31.9 Å². The van der Waals surface area contributed by atoms with Gasteiger partial charge in [0.05, 0.1) is 9.75 Å². The lowest BCUT2D eigenvalue weighted by molar-refractivity contribution is 0.0921. The van der Waals surface area contributed by atoms with Crippen LogP contribution in [0.1, 0.15) is 32.2 Å². The third kappa shape index (κ3) is 3.38. The number of Topliss-reactive ketones (excluding diaryl/α,β-unsaturated/α-hetero) is 2. The molecular formula is C12H8Br2O2S2. The van der Waals surface area contributed by atoms with Crippen LogP contribution in [-0.4, -0.2) is 11.6 Å². The minimum Gasteiger partial charge on any atom is -0.293 e. The summed E-state index contributed by atoms with van der Waals surface area (Å²) < 4.78 is 1.71. The second-order valence-electron chi connectivity index (χ2n) is 3.57. The van der Waals surface area contributed by atoms with E-state index in [1.54, 1.807) is 6.07 Å². The van der Waals surface area contributed by atoms with E-state index in [-0.39, 0.29) is 24.4 Å². The highest BCUT2D eigenvalue weighted by molar-refractivity contribution is 9.10. The maximum Gasteiger partial charge on any atom is 0.174 e. The Kier molecular flexibility index (Phi) is 4.89. The highest BCUT2D eigenvalue weighted by Crippen LogP contribution is 2.25. The Morgan fingerprint density at radius 1 is 1.11 bits per heavy atom. The normalized spacial score (nSPS) is 10.6. The summed E-state index contributed by atoms with van der Waals surface area (Å²) in [4.78, 5) is 25.1. The summed E-state index contributed by atoms with van der Waals surface area (Å²) >= 11 is 9.42. The van der Waals surface area contributed by atoms with Crippen molar-refractivity contribution in [1.82, 2.24) is 0 Å². The molecule has 0 saturated heterocycles. The standard InChI is InChI=1S/C12H8Br2O2S2/c13-7-5-11(18-6-7)9(15)1-2-10(16)12-8(14)3-4-17-12/h3-6H,1-2H2. The molecule has 18 heavy (non-hydrogen) atoms. The van der Waals surface area contributed by atoms with Gasteiger partial charge in [0.15, 0.2) is 11.6 Å². The molecule has 0 radical (unpaired) electrons. The van der Waals surface area contributed by atoms with E-state index in [0.717, 1.165) is 8.95 Å². The smallest absolute Gasteiger partial charge is 0.174 e. The van der Waals surface area contributed by atoms with Gasteiger partial charge < -0.3 is 0 Å². The van der Waals surface area contributed by atoms with Gasteiger partial charge in [0, 0.05) is 27.2 Å². The molecular weight excluding hydrogens is 400 g/mol. The molecule has 94 valence electrons. The van der Waals surface area contributed by atoms with Crippen LogP contribution in [0, 0.1) is 0 Å². The van der Waals surface area contributed by atoms with Crippen LogP contribution in [0.3, 0.4) is 0 Å². The molecule has 0 aromatic carbocycles. The lowest BCUT2D eigenvalue weighted by Crippen LogP contribution is -2.03. The number of thiophene rings is 2. The van der Waals surface area contributed by atoms with Crippen molar-refractivity contribution >= 4 is 66.1 Å². The molecule has 6 heteroatoms. The summed E-state index contributed by atoms with van der Waals surface area (Å²) in [7, 11) is 0. The SMILES string of the molecule is O=C(CCC(=O)c1sccc1Br)c1cc(Br)cs1. The zero-order valence-electron chi connectivity index (χ0n) is 9.11. The molecule has 0 aliphatic carbocycles. The van der Waals surface area contributed by atoms with E-state index in [1.165, 1.54) is 22.7 Å². The Morgan fingerprint density at radius 2 is 1.83 bits per heavy atom. The van der Waals surface area contributed by atoms with Gasteiger partial charge in [-0.25, -0.2) is 0 Å². The van der Waals surface area contributed by atoms with Crippen molar-refractivity contribution < 1.29 is 9.59 Å². The van der Waals surface area contributed by atoms with Gasteiger partial charge >= 0.3 is 0 Å². The molecule has 2 heterocycles. The Bertz CT molecular complexity index is 586.